The highest BCUT2D eigenvalue weighted by molar-refractivity contribution is 8.22. The molecule has 0 aliphatic carbocycles. The summed E-state index contributed by atoms with van der Waals surface area (Å²) >= 11 is 9.80. The van der Waals surface area contributed by atoms with Crippen LogP contribution in [0.4, 0.5) is 0 Å². The van der Waals surface area contributed by atoms with Crippen LogP contribution in [0.1, 0.15) is 0 Å². The highest BCUT2D eigenvalue weighted by atomic mass is 35.7. The molecule has 1 aromatic carbocycles. The van der Waals surface area contributed by atoms with E-state index < -0.39 is 5.84 Å². The topological polar surface area (TPSA) is 29.5 Å². The third-order valence-electron chi connectivity index (χ3n) is 0.961. The largest absolute Gasteiger partial charge is 0.433 e. The highest BCUT2D eigenvalue weighted by Gasteiger charge is 2.08. The number of rotatable bonds is 2. The van der Waals surface area contributed by atoms with Crippen molar-refractivity contribution in [1.82, 2.24) is 0 Å². The molecule has 60 valence electrons. The van der Waals surface area contributed by atoms with Crippen LogP contribution in [0.5, 0.6) is 5.75 Å². The second-order valence-electron chi connectivity index (χ2n) is 1.86. The number of hydrogen-bond donors (Lipinski definition) is 1. The first kappa shape index (κ1) is 9.01. The van der Waals surface area contributed by atoms with Gasteiger partial charge in [0.2, 0.25) is 0 Å². The average molecular weight is 209 g/mol. The summed E-state index contributed by atoms with van der Waals surface area (Å²) in [5.74, 6) is -2.59. The van der Waals surface area contributed by atoms with Crippen LogP contribution >= 0.6 is 17.1 Å². The molecular formula is C6H6ClO2PS. The number of hydrogen-bond acceptors (Lipinski definition) is 2. The quantitative estimate of drug-likeness (QED) is 0.758. The molecule has 1 unspecified atom stereocenters. The maximum atomic E-state index is 8.94. The van der Waals surface area contributed by atoms with Gasteiger partial charge in [0.1, 0.15) is 5.75 Å². The second kappa shape index (κ2) is 3.55. The number of halogens is 1. The number of benzene rings is 1. The van der Waals surface area contributed by atoms with E-state index >= 15 is 0 Å². The second-order valence-corrected chi connectivity index (χ2v) is 6.40. The fourth-order valence-corrected chi connectivity index (χ4v) is 1.49. The molecule has 0 spiro atoms. The van der Waals surface area contributed by atoms with E-state index in [9.17, 15) is 0 Å². The fourth-order valence-electron chi connectivity index (χ4n) is 0.611. The Hall–Kier alpha value is -0.0800. The molecule has 1 atom stereocenters. The molecule has 0 heterocycles. The van der Waals surface area contributed by atoms with Gasteiger partial charge in [0, 0.05) is 0 Å². The molecule has 0 aliphatic rings. The minimum absolute atomic E-state index is 0.494. The molecule has 0 bridgehead atoms. The lowest BCUT2D eigenvalue weighted by atomic mass is 10.3. The Morgan fingerprint density at radius 3 is 2.36 bits per heavy atom. The monoisotopic (exact) mass is 208 g/mol. The molecule has 1 aromatic rings. The van der Waals surface area contributed by atoms with Crippen molar-refractivity contribution in [3.05, 3.63) is 30.3 Å². The van der Waals surface area contributed by atoms with Crippen LogP contribution in [0.15, 0.2) is 30.3 Å². The van der Waals surface area contributed by atoms with Gasteiger partial charge in [-0.15, -0.1) is 0 Å². The van der Waals surface area contributed by atoms with E-state index in [1.807, 2.05) is 6.07 Å². The molecule has 0 fully saturated rings. The summed E-state index contributed by atoms with van der Waals surface area (Å²) < 4.78 is 4.85. The average Bonchev–Trinajstić information content (AvgIpc) is 1.85. The van der Waals surface area contributed by atoms with E-state index in [4.69, 9.17) is 20.7 Å². The molecule has 0 saturated heterocycles. The summed E-state index contributed by atoms with van der Waals surface area (Å²) in [5, 5.41) is 0. The lowest BCUT2D eigenvalue weighted by molar-refractivity contribution is 0.503. The van der Waals surface area contributed by atoms with E-state index in [0.717, 1.165) is 0 Å². The van der Waals surface area contributed by atoms with E-state index in [2.05, 4.69) is 11.8 Å². The van der Waals surface area contributed by atoms with Gasteiger partial charge in [-0.2, -0.15) is 0 Å². The normalized spacial score (nSPS) is 15.5. The first-order chi connectivity index (χ1) is 5.08. The minimum Gasteiger partial charge on any atom is -0.433 e. The van der Waals surface area contributed by atoms with Gasteiger partial charge in [-0.25, -0.2) is 0 Å². The molecule has 0 aliphatic heterocycles. The van der Waals surface area contributed by atoms with Crippen molar-refractivity contribution in [1.29, 1.82) is 0 Å². The van der Waals surface area contributed by atoms with Crippen LogP contribution in [0.25, 0.3) is 0 Å². The standard InChI is InChI=1S/C6H6ClO2PS/c7-10(8,11)9-6-4-2-1-3-5-6/h1-5H,(H,8,11). The molecule has 2 nitrogen and oxygen atoms in total. The molecule has 1 rings (SSSR count). The zero-order valence-corrected chi connectivity index (χ0v) is 7.94. The summed E-state index contributed by atoms with van der Waals surface area (Å²) in [5.41, 5.74) is 0. The number of para-hydroxylation sites is 1. The fraction of sp³-hybridized carbons (Fsp3) is 0. The highest BCUT2D eigenvalue weighted by Crippen LogP contribution is 2.47. The van der Waals surface area contributed by atoms with Crippen molar-refractivity contribution in [3.63, 3.8) is 0 Å². The van der Waals surface area contributed by atoms with Gasteiger partial charge in [0.15, 0.2) is 0 Å². The molecule has 0 aromatic heterocycles. The summed E-state index contributed by atoms with van der Waals surface area (Å²) in [7, 11) is 0. The van der Waals surface area contributed by atoms with Gasteiger partial charge in [-0.05, 0) is 35.2 Å². The van der Waals surface area contributed by atoms with Gasteiger partial charge in [0.25, 0.3) is 0 Å². The van der Waals surface area contributed by atoms with Gasteiger partial charge in [-0.3, -0.25) is 0 Å². The lowest BCUT2D eigenvalue weighted by Gasteiger charge is -2.07. The molecule has 11 heavy (non-hydrogen) atoms. The molecular weight excluding hydrogens is 203 g/mol. The zero-order valence-electron chi connectivity index (χ0n) is 5.48. The van der Waals surface area contributed by atoms with Crippen LogP contribution in [0.2, 0.25) is 0 Å². The summed E-state index contributed by atoms with van der Waals surface area (Å²) in [6.45, 7) is 0. The van der Waals surface area contributed by atoms with Gasteiger partial charge in [-0.1, -0.05) is 18.2 Å². The summed E-state index contributed by atoms with van der Waals surface area (Å²) in [6, 6.07) is 8.75. The van der Waals surface area contributed by atoms with Crippen molar-refractivity contribution in [3.8, 4) is 5.75 Å². The molecule has 0 saturated carbocycles. The SMILES string of the molecule is OP(=S)(Cl)Oc1ccccc1. The lowest BCUT2D eigenvalue weighted by Crippen LogP contribution is -1.83. The Morgan fingerprint density at radius 2 is 1.91 bits per heavy atom. The van der Waals surface area contributed by atoms with Crippen LogP contribution in [-0.4, -0.2) is 4.89 Å². The van der Waals surface area contributed by atoms with Crippen LogP contribution in [-0.2, 0) is 11.8 Å². The smallest absolute Gasteiger partial charge is 0.330 e. The first-order valence-corrected chi connectivity index (χ1v) is 6.43. The van der Waals surface area contributed by atoms with E-state index in [-0.39, 0.29) is 0 Å². The van der Waals surface area contributed by atoms with E-state index in [1.54, 1.807) is 24.3 Å². The maximum Gasteiger partial charge on any atom is 0.330 e. The Morgan fingerprint density at radius 1 is 1.36 bits per heavy atom. The minimum atomic E-state index is -3.08. The summed E-state index contributed by atoms with van der Waals surface area (Å²) in [4.78, 5) is 8.94. The Balaban J connectivity index is 2.74. The van der Waals surface area contributed by atoms with E-state index in [0.29, 0.717) is 5.75 Å². The van der Waals surface area contributed by atoms with Gasteiger partial charge in [0.05, 0.1) is 0 Å². The van der Waals surface area contributed by atoms with Crippen molar-refractivity contribution in [2.24, 2.45) is 0 Å². The third-order valence-corrected chi connectivity index (χ3v) is 1.83. The third kappa shape index (κ3) is 3.73. The Kier molecular flexibility index (Phi) is 2.90. The Bertz CT molecular complexity index is 271. The maximum absolute atomic E-state index is 8.94. The van der Waals surface area contributed by atoms with Crippen molar-refractivity contribution in [2.75, 3.05) is 0 Å². The molecule has 5 heteroatoms. The predicted molar refractivity (Wildman–Crippen MR) is 49.4 cm³/mol. The Labute approximate surface area is 74.7 Å². The van der Waals surface area contributed by atoms with Crippen LogP contribution < -0.4 is 4.52 Å². The first-order valence-electron chi connectivity index (χ1n) is 2.85. The van der Waals surface area contributed by atoms with Crippen LogP contribution in [0, 0.1) is 0 Å². The zero-order chi connectivity index (χ0) is 8.32. The van der Waals surface area contributed by atoms with Crippen molar-refractivity contribution >= 4 is 28.9 Å². The predicted octanol–water partition coefficient (Wildman–Crippen LogP) is 2.52. The van der Waals surface area contributed by atoms with Crippen LogP contribution in [0.3, 0.4) is 0 Å². The molecule has 1 N–H and O–H groups in total. The molecule has 0 radical (unpaired) electrons. The molecule has 0 amide bonds. The van der Waals surface area contributed by atoms with Crippen molar-refractivity contribution in [2.45, 2.75) is 0 Å². The van der Waals surface area contributed by atoms with Gasteiger partial charge >= 0.3 is 5.84 Å². The summed E-state index contributed by atoms with van der Waals surface area (Å²) in [6.07, 6.45) is 0. The van der Waals surface area contributed by atoms with Gasteiger partial charge < -0.3 is 9.42 Å². The van der Waals surface area contributed by atoms with Crippen molar-refractivity contribution < 1.29 is 9.42 Å². The van der Waals surface area contributed by atoms with E-state index in [1.165, 1.54) is 0 Å².